The number of Topliss-reactive ketones (excluding diaryl/α,β-unsaturated/α-hetero) is 2. The molecule has 0 saturated heterocycles. The Bertz CT molecular complexity index is 984. The minimum Gasteiger partial charge on any atom is -0.496 e. The van der Waals surface area contributed by atoms with Crippen molar-refractivity contribution in [2.75, 3.05) is 20.8 Å². The van der Waals surface area contributed by atoms with Crippen LogP contribution < -0.4 is 14.8 Å². The summed E-state index contributed by atoms with van der Waals surface area (Å²) in [5.41, 5.74) is -1.43. The molecule has 1 aliphatic heterocycles. The molecule has 8 nitrogen and oxygen atoms in total. The molecule has 1 heterocycles. The number of allylic oxidation sites excluding steroid dienone is 1. The first-order valence-electron chi connectivity index (χ1n) is 9.44. The van der Waals surface area contributed by atoms with Gasteiger partial charge in [-0.15, -0.1) is 0 Å². The van der Waals surface area contributed by atoms with Crippen molar-refractivity contribution in [2.24, 2.45) is 5.92 Å². The fourth-order valence-electron chi connectivity index (χ4n) is 3.78. The number of ketones is 3. The highest BCUT2D eigenvalue weighted by Crippen LogP contribution is 2.52. The van der Waals surface area contributed by atoms with Gasteiger partial charge < -0.3 is 19.5 Å². The third-order valence-electron chi connectivity index (χ3n) is 5.38. The molecule has 2 aliphatic rings. The topological polar surface area (TPSA) is 108 Å². The predicted octanol–water partition coefficient (Wildman–Crippen LogP) is 2.51. The molecular weight excluding hydrogens is 414 g/mol. The maximum atomic E-state index is 13.5. The van der Waals surface area contributed by atoms with E-state index in [0.717, 1.165) is 0 Å². The average Bonchev–Trinajstić information content (AvgIpc) is 3.04. The van der Waals surface area contributed by atoms with E-state index >= 15 is 0 Å². The van der Waals surface area contributed by atoms with Gasteiger partial charge in [-0.2, -0.15) is 0 Å². The number of hydrogen-bond donors (Lipinski definition) is 1. The summed E-state index contributed by atoms with van der Waals surface area (Å²) >= 11 is 6.47. The molecule has 1 spiro atoms. The van der Waals surface area contributed by atoms with E-state index in [1.807, 2.05) is 0 Å². The van der Waals surface area contributed by atoms with E-state index in [0.29, 0.717) is 0 Å². The minimum atomic E-state index is -1.57. The number of hydrogen-bond acceptors (Lipinski definition) is 7. The molecule has 3 rings (SSSR count). The van der Waals surface area contributed by atoms with Crippen molar-refractivity contribution in [2.45, 2.75) is 32.3 Å². The van der Waals surface area contributed by atoms with Gasteiger partial charge >= 0.3 is 0 Å². The predicted molar refractivity (Wildman–Crippen MR) is 107 cm³/mol. The van der Waals surface area contributed by atoms with Crippen LogP contribution >= 0.6 is 11.6 Å². The Morgan fingerprint density at radius 2 is 2.00 bits per heavy atom. The molecule has 1 aromatic rings. The molecular formula is C21H22ClNO7. The zero-order valence-corrected chi connectivity index (χ0v) is 17.8. The summed E-state index contributed by atoms with van der Waals surface area (Å²) in [6, 6.07) is 1.36. The maximum absolute atomic E-state index is 13.5. The van der Waals surface area contributed by atoms with E-state index in [9.17, 15) is 19.2 Å². The zero-order chi connectivity index (χ0) is 22.2. The van der Waals surface area contributed by atoms with Gasteiger partial charge in [-0.3, -0.25) is 19.2 Å². The van der Waals surface area contributed by atoms with E-state index in [2.05, 4.69) is 5.32 Å². The highest BCUT2D eigenvalue weighted by atomic mass is 35.5. The Balaban J connectivity index is 2.10. The number of halogens is 1. The number of benzene rings is 1. The van der Waals surface area contributed by atoms with Crippen LogP contribution in [0.25, 0.3) is 0 Å². The van der Waals surface area contributed by atoms with Crippen molar-refractivity contribution in [3.8, 4) is 11.5 Å². The van der Waals surface area contributed by atoms with Crippen molar-refractivity contribution in [3.63, 3.8) is 0 Å². The first-order valence-corrected chi connectivity index (χ1v) is 9.82. The van der Waals surface area contributed by atoms with Crippen LogP contribution in [-0.4, -0.2) is 49.6 Å². The second-order valence-corrected chi connectivity index (χ2v) is 7.53. The van der Waals surface area contributed by atoms with Gasteiger partial charge in [-0.05, 0) is 6.07 Å². The van der Waals surface area contributed by atoms with Crippen LogP contribution in [0.1, 0.15) is 47.4 Å². The molecule has 0 radical (unpaired) electrons. The SMILES string of the molecule is CCC(=O)NCC(=O)c1cc(OC)c2c(c1Cl)O[C@]1(C2=O)C(OC)=CC(=O)C[C@H]1C. The van der Waals surface area contributed by atoms with Crippen LogP contribution in [0.15, 0.2) is 17.9 Å². The van der Waals surface area contributed by atoms with E-state index in [1.165, 1.54) is 26.4 Å². The number of amides is 1. The molecule has 0 bridgehead atoms. The Morgan fingerprint density at radius 1 is 1.30 bits per heavy atom. The fraction of sp³-hybridized carbons (Fsp3) is 0.429. The standard InChI is InChI=1S/C21H22ClNO7/c1-5-16(26)23-9-13(25)12-8-14(28-3)17-19(18(12)22)30-21(20(17)27)10(2)6-11(24)7-15(21)29-4/h7-8,10H,5-6,9H2,1-4H3,(H,23,26)/t10-,21+/m1/s1. The molecule has 1 aromatic carbocycles. The Morgan fingerprint density at radius 3 is 2.60 bits per heavy atom. The quantitative estimate of drug-likeness (QED) is 0.684. The van der Waals surface area contributed by atoms with Crippen molar-refractivity contribution in [3.05, 3.63) is 34.1 Å². The highest BCUT2D eigenvalue weighted by molar-refractivity contribution is 6.37. The van der Waals surface area contributed by atoms with Gasteiger partial charge in [0.15, 0.2) is 23.1 Å². The fourth-order valence-corrected chi connectivity index (χ4v) is 4.07. The van der Waals surface area contributed by atoms with Crippen LogP contribution in [0.4, 0.5) is 0 Å². The molecule has 1 amide bonds. The van der Waals surface area contributed by atoms with E-state index in [4.69, 9.17) is 25.8 Å². The lowest BCUT2D eigenvalue weighted by Gasteiger charge is -2.36. The van der Waals surface area contributed by atoms with Crippen molar-refractivity contribution in [1.29, 1.82) is 0 Å². The van der Waals surface area contributed by atoms with Gasteiger partial charge in [-0.25, -0.2) is 0 Å². The number of ether oxygens (including phenoxy) is 3. The largest absolute Gasteiger partial charge is 0.496 e. The average molecular weight is 436 g/mol. The monoisotopic (exact) mass is 435 g/mol. The Labute approximate surface area is 178 Å². The van der Waals surface area contributed by atoms with Gasteiger partial charge in [0.2, 0.25) is 17.3 Å². The number of methoxy groups -OCH3 is 2. The van der Waals surface area contributed by atoms with Crippen molar-refractivity contribution >= 4 is 34.9 Å². The van der Waals surface area contributed by atoms with Crippen LogP contribution in [-0.2, 0) is 14.3 Å². The summed E-state index contributed by atoms with van der Waals surface area (Å²) in [6.07, 6.45) is 1.56. The van der Waals surface area contributed by atoms with E-state index in [1.54, 1.807) is 13.8 Å². The number of nitrogens with one attached hydrogen (secondary N) is 1. The molecule has 0 unspecified atom stereocenters. The number of carbonyl (C=O) groups excluding carboxylic acids is 4. The summed E-state index contributed by atoms with van der Waals surface area (Å²) < 4.78 is 16.8. The molecule has 1 aliphatic carbocycles. The summed E-state index contributed by atoms with van der Waals surface area (Å²) in [7, 11) is 2.71. The molecule has 0 fully saturated rings. The minimum absolute atomic E-state index is 0.00432. The third-order valence-corrected chi connectivity index (χ3v) is 5.75. The Kier molecular flexibility index (Phi) is 5.90. The van der Waals surface area contributed by atoms with E-state index in [-0.39, 0.29) is 64.5 Å². The lowest BCUT2D eigenvalue weighted by molar-refractivity contribution is -0.120. The van der Waals surface area contributed by atoms with Crippen LogP contribution in [0.5, 0.6) is 11.5 Å². The normalized spacial score (nSPS) is 22.3. The summed E-state index contributed by atoms with van der Waals surface area (Å²) in [5, 5.41) is 2.43. The van der Waals surface area contributed by atoms with Gasteiger partial charge in [-0.1, -0.05) is 25.4 Å². The van der Waals surface area contributed by atoms with Gasteiger partial charge in [0.05, 0.1) is 25.8 Å². The first-order chi connectivity index (χ1) is 14.2. The highest BCUT2D eigenvalue weighted by Gasteiger charge is 2.59. The van der Waals surface area contributed by atoms with Gasteiger partial charge in [0.25, 0.3) is 0 Å². The third kappa shape index (κ3) is 3.25. The number of fused-ring (bicyclic) bond motifs is 1. The summed E-state index contributed by atoms with van der Waals surface area (Å²) in [5.74, 6) is -1.73. The van der Waals surface area contributed by atoms with Crippen LogP contribution in [0.3, 0.4) is 0 Å². The lowest BCUT2D eigenvalue weighted by Crippen LogP contribution is -2.51. The molecule has 2 atom stereocenters. The lowest BCUT2D eigenvalue weighted by atomic mass is 9.75. The summed E-state index contributed by atoms with van der Waals surface area (Å²) in [6.45, 7) is 3.11. The Hall–Kier alpha value is -2.87. The smallest absolute Gasteiger partial charge is 0.231 e. The molecule has 0 saturated carbocycles. The van der Waals surface area contributed by atoms with Crippen LogP contribution in [0.2, 0.25) is 5.02 Å². The van der Waals surface area contributed by atoms with Crippen molar-refractivity contribution in [1.82, 2.24) is 5.32 Å². The second-order valence-electron chi connectivity index (χ2n) is 7.15. The maximum Gasteiger partial charge on any atom is 0.231 e. The molecule has 9 heteroatoms. The molecule has 160 valence electrons. The van der Waals surface area contributed by atoms with Crippen LogP contribution in [0, 0.1) is 5.92 Å². The zero-order valence-electron chi connectivity index (χ0n) is 17.1. The number of carbonyl (C=O) groups is 4. The van der Waals surface area contributed by atoms with E-state index < -0.39 is 23.1 Å². The molecule has 30 heavy (non-hydrogen) atoms. The molecule has 1 N–H and O–H groups in total. The second kappa shape index (κ2) is 8.10. The van der Waals surface area contributed by atoms with Gasteiger partial charge in [0.1, 0.15) is 11.3 Å². The first kappa shape index (κ1) is 21.8. The number of rotatable bonds is 6. The van der Waals surface area contributed by atoms with Crippen molar-refractivity contribution < 1.29 is 33.4 Å². The van der Waals surface area contributed by atoms with Gasteiger partial charge in [0, 0.05) is 30.4 Å². The summed E-state index contributed by atoms with van der Waals surface area (Å²) in [4.78, 5) is 49.6. The molecule has 0 aromatic heterocycles.